The number of hydrogen-bond acceptors (Lipinski definition) is 11. The van der Waals surface area contributed by atoms with Crippen molar-refractivity contribution in [3.05, 3.63) is 120 Å². The Labute approximate surface area is 463 Å². The molecule has 0 spiro atoms. The number of carbonyl (C=O) groups excluding carboxylic acids is 6. The molecule has 8 rings (SSSR count). The Hall–Kier alpha value is -7.48. The zero-order valence-electron chi connectivity index (χ0n) is 46.9. The minimum Gasteiger partial charge on any atom is -0.381 e. The van der Waals surface area contributed by atoms with E-state index in [1.54, 1.807) is 52.7 Å². The lowest BCUT2D eigenvalue weighted by atomic mass is 10.00. The zero-order valence-corrected chi connectivity index (χ0v) is 46.9. The van der Waals surface area contributed by atoms with Crippen molar-refractivity contribution < 1.29 is 33.5 Å². The number of rotatable bonds is 24. The van der Waals surface area contributed by atoms with E-state index in [-0.39, 0.29) is 59.4 Å². The summed E-state index contributed by atoms with van der Waals surface area (Å²) < 4.78 is 9.85. The van der Waals surface area contributed by atoms with E-state index in [1.807, 2.05) is 120 Å². The van der Waals surface area contributed by atoms with Gasteiger partial charge in [-0.1, -0.05) is 64.1 Å². The van der Waals surface area contributed by atoms with Gasteiger partial charge in [0.15, 0.2) is 0 Å². The Bertz CT molecular complexity index is 2930. The van der Waals surface area contributed by atoms with E-state index in [4.69, 9.17) is 4.74 Å². The van der Waals surface area contributed by atoms with Crippen molar-refractivity contribution in [3.8, 4) is 11.4 Å². The van der Waals surface area contributed by atoms with Gasteiger partial charge in [0.2, 0.25) is 23.6 Å². The van der Waals surface area contributed by atoms with Crippen molar-refractivity contribution in [2.45, 2.75) is 116 Å². The van der Waals surface area contributed by atoms with Crippen molar-refractivity contribution in [1.29, 1.82) is 0 Å². The molecule has 0 saturated carbocycles. The first-order valence-electron chi connectivity index (χ1n) is 27.9. The summed E-state index contributed by atoms with van der Waals surface area (Å²) in [6.45, 7) is 14.1. The minimum atomic E-state index is -0.664. The van der Waals surface area contributed by atoms with E-state index < -0.39 is 24.2 Å². The van der Waals surface area contributed by atoms with Crippen LogP contribution in [0.15, 0.2) is 97.8 Å². The number of fused-ring (bicyclic) bond motifs is 2. The number of aromatic nitrogens is 4. The lowest BCUT2D eigenvalue weighted by Crippen LogP contribution is -2.54. The maximum Gasteiger partial charge on any atom is 0.253 e. The number of nitrogens with zero attached hydrogens (tertiary/aromatic N) is 6. The normalized spacial score (nSPS) is 17.0. The van der Waals surface area contributed by atoms with Gasteiger partial charge in [-0.05, 0) is 114 Å². The van der Waals surface area contributed by atoms with Gasteiger partial charge in [0.25, 0.3) is 11.8 Å². The Morgan fingerprint density at radius 3 is 1.38 bits per heavy atom. The number of ether oxygens (including phenoxy) is 1. The summed E-state index contributed by atoms with van der Waals surface area (Å²) in [6.07, 6.45) is 15.1. The maximum absolute atomic E-state index is 14.0. The number of amides is 6. The predicted molar refractivity (Wildman–Crippen MR) is 305 cm³/mol. The summed E-state index contributed by atoms with van der Waals surface area (Å²) in [7, 11) is 3.43. The van der Waals surface area contributed by atoms with E-state index in [1.165, 1.54) is 0 Å². The Morgan fingerprint density at radius 2 is 0.987 bits per heavy atom. The highest BCUT2D eigenvalue weighted by Crippen LogP contribution is 2.36. The van der Waals surface area contributed by atoms with Crippen LogP contribution >= 0.6 is 0 Å². The molecule has 2 saturated heterocycles. The van der Waals surface area contributed by atoms with Crippen molar-refractivity contribution in [1.82, 2.24) is 60.8 Å². The van der Waals surface area contributed by atoms with Gasteiger partial charge in [-0.2, -0.15) is 0 Å². The molecule has 2 aliphatic rings. The van der Waals surface area contributed by atoms with Crippen LogP contribution in [0.5, 0.6) is 0 Å². The molecule has 0 bridgehead atoms. The molecule has 6 N–H and O–H groups in total. The molecule has 2 aromatic carbocycles. The summed E-state index contributed by atoms with van der Waals surface area (Å²) in [5, 5.41) is 19.5. The fourth-order valence-electron chi connectivity index (χ4n) is 10.7. The van der Waals surface area contributed by atoms with E-state index in [0.717, 1.165) is 70.0 Å². The quantitative estimate of drug-likeness (QED) is 0.0377. The van der Waals surface area contributed by atoms with Gasteiger partial charge in [-0.3, -0.25) is 38.7 Å². The molecule has 6 aromatic rings. The summed E-state index contributed by atoms with van der Waals surface area (Å²) in [5.74, 6) is -1.30. The van der Waals surface area contributed by atoms with Crippen LogP contribution in [0.4, 0.5) is 0 Å². The molecule has 420 valence electrons. The van der Waals surface area contributed by atoms with Crippen LogP contribution in [0.3, 0.4) is 0 Å². The fraction of sp³-hybridized carbons (Fsp3) is 0.467. The largest absolute Gasteiger partial charge is 0.381 e. The van der Waals surface area contributed by atoms with Crippen LogP contribution in [-0.4, -0.2) is 142 Å². The number of para-hydroxylation sites is 2. The van der Waals surface area contributed by atoms with Crippen LogP contribution in [0.2, 0.25) is 0 Å². The van der Waals surface area contributed by atoms with Gasteiger partial charge in [0, 0.05) is 75.0 Å². The van der Waals surface area contributed by atoms with Gasteiger partial charge < -0.3 is 55.6 Å². The number of hydrogen-bond donors (Lipinski definition) is 6. The van der Waals surface area contributed by atoms with Crippen molar-refractivity contribution >= 4 is 57.2 Å². The molecular formula is C60H78N12O7. The smallest absolute Gasteiger partial charge is 0.253 e. The van der Waals surface area contributed by atoms with Crippen LogP contribution in [-0.2, 0) is 23.9 Å². The van der Waals surface area contributed by atoms with Gasteiger partial charge in [0.05, 0.1) is 70.1 Å². The number of nitrogens with one attached hydrogen (secondary N) is 6. The molecular weight excluding hydrogens is 1000 g/mol. The highest BCUT2D eigenvalue weighted by atomic mass is 16.5. The third kappa shape index (κ3) is 13.2. The third-order valence-corrected chi connectivity index (χ3v) is 15.4. The molecule has 2 fully saturated rings. The Morgan fingerprint density at radius 1 is 0.582 bits per heavy atom. The molecule has 6 heterocycles. The first-order valence-corrected chi connectivity index (χ1v) is 27.9. The second kappa shape index (κ2) is 26.4. The zero-order chi connectivity index (χ0) is 56.3. The highest BCUT2D eigenvalue weighted by Gasteiger charge is 2.38. The molecule has 19 heteroatoms. The number of pyridine rings is 2. The minimum absolute atomic E-state index is 0.107. The second-order valence-corrected chi connectivity index (χ2v) is 21.5. The van der Waals surface area contributed by atoms with E-state index >= 15 is 0 Å². The third-order valence-electron chi connectivity index (χ3n) is 15.4. The van der Waals surface area contributed by atoms with Crippen LogP contribution < -0.4 is 31.9 Å². The Kier molecular flexibility index (Phi) is 19.3. The molecule has 6 atom stereocenters. The van der Waals surface area contributed by atoms with Crippen molar-refractivity contribution in [3.63, 3.8) is 0 Å². The maximum atomic E-state index is 14.0. The van der Waals surface area contributed by atoms with E-state index in [9.17, 15) is 28.8 Å². The van der Waals surface area contributed by atoms with Crippen LogP contribution in [0.1, 0.15) is 124 Å². The summed E-state index contributed by atoms with van der Waals surface area (Å²) in [6, 6.07) is 16.9. The lowest BCUT2D eigenvalue weighted by Gasteiger charge is -2.32. The number of likely N-dealkylation sites (N-methyl/N-ethyl adjacent to an activating group) is 2. The molecule has 79 heavy (non-hydrogen) atoms. The topological polar surface area (TPSA) is 226 Å². The standard InChI is InChI=1S/C60H78N12O7/c1-37(2)53(67-55(73)39(5)61-7)59(77)69-25-13-21-49(69)41-29-43(33-63-31-41)71-35-47(45-17-9-11-19-51(45)71)57(75)65-23-15-27-79-28-16-24-66-58(76)48-36-72(52-20-12-10-18-46(48)52)44-30-42(32-64-34-44)50-22-14-26-70(50)60(78)54(38(3)4)68-56(74)40(6)62-8/h9-12,17-20,29-40,49-50,53-54,61-62H,13-16,21-28H2,1-8H3,(H,65,75)(H,66,76)(H,67,73)(H,68,74). The molecule has 6 unspecified atom stereocenters. The highest BCUT2D eigenvalue weighted by molar-refractivity contribution is 6.08. The van der Waals surface area contributed by atoms with Gasteiger partial charge in [-0.25, -0.2) is 0 Å². The molecule has 6 amide bonds. The van der Waals surface area contributed by atoms with Crippen molar-refractivity contribution in [2.75, 3.05) is 53.5 Å². The average molecular weight is 1080 g/mol. The first kappa shape index (κ1) is 57.7. The SMILES string of the molecule is CNC(C)C(=O)NC(C(=O)N1CCCC1c1cncc(-n2cc(C(=O)NCCCOCCCNC(=O)c3cn(-c4cncc(C5CCCN5C(=O)C(NC(=O)C(C)NC)C(C)C)c4)c4ccccc34)c3ccccc32)c1)C(C)C. The van der Waals surface area contributed by atoms with Gasteiger partial charge in [0.1, 0.15) is 12.1 Å². The van der Waals surface area contributed by atoms with Crippen LogP contribution in [0.25, 0.3) is 33.2 Å². The van der Waals surface area contributed by atoms with Crippen molar-refractivity contribution in [2.24, 2.45) is 11.8 Å². The summed E-state index contributed by atoms with van der Waals surface area (Å²) >= 11 is 0. The molecule has 4 aromatic heterocycles. The lowest BCUT2D eigenvalue weighted by molar-refractivity contribution is -0.139. The second-order valence-electron chi connectivity index (χ2n) is 21.5. The van der Waals surface area contributed by atoms with Gasteiger partial charge in [-0.15, -0.1) is 0 Å². The van der Waals surface area contributed by atoms with Crippen LogP contribution in [0, 0.1) is 11.8 Å². The number of benzene rings is 2. The van der Waals surface area contributed by atoms with E-state index in [0.29, 0.717) is 63.4 Å². The summed E-state index contributed by atoms with van der Waals surface area (Å²) in [4.78, 5) is 94.1. The Balaban J connectivity index is 0.822. The average Bonchev–Trinajstić information content (AvgIpc) is 4.35. The molecule has 0 radical (unpaired) electrons. The van der Waals surface area contributed by atoms with E-state index in [2.05, 4.69) is 41.9 Å². The molecule has 2 aliphatic heterocycles. The monoisotopic (exact) mass is 1080 g/mol. The fourth-order valence-corrected chi connectivity index (χ4v) is 10.7. The van der Waals surface area contributed by atoms with Gasteiger partial charge >= 0.3 is 0 Å². The number of likely N-dealkylation sites (tertiary alicyclic amines) is 2. The predicted octanol–water partition coefficient (Wildman–Crippen LogP) is 6.15. The number of carbonyl (C=O) groups is 6. The molecule has 0 aliphatic carbocycles. The first-order chi connectivity index (χ1) is 38.1. The molecule has 19 nitrogen and oxygen atoms in total. The summed E-state index contributed by atoms with van der Waals surface area (Å²) in [5.41, 5.74) is 6.05.